The number of benzene rings is 1. The van der Waals surface area contributed by atoms with Crippen LogP contribution in [0.4, 0.5) is 13.2 Å². The van der Waals surface area contributed by atoms with E-state index in [-0.39, 0.29) is 13.1 Å². The normalized spacial score (nSPS) is 12.8. The molecule has 2 rings (SSSR count). The first-order chi connectivity index (χ1) is 12.0. The molecule has 0 radical (unpaired) electrons. The lowest BCUT2D eigenvalue weighted by Crippen LogP contribution is -2.31. The minimum absolute atomic E-state index is 0.283. The number of rotatable bonds is 6. The molecule has 0 aliphatic rings. The lowest BCUT2D eigenvalue weighted by Gasteiger charge is -2.03. The number of hydrogen-bond acceptors (Lipinski definition) is 4. The van der Waals surface area contributed by atoms with Crippen LogP contribution in [0.2, 0.25) is 0 Å². The summed E-state index contributed by atoms with van der Waals surface area (Å²) in [6.07, 6.45) is -3.38. The van der Waals surface area contributed by atoms with E-state index in [0.29, 0.717) is 14.8 Å². The largest absolute Gasteiger partial charge is 0.451 e. The second-order valence-electron chi connectivity index (χ2n) is 5.54. The number of nitrogens with zero attached hydrogens (tertiary/aromatic N) is 3. The highest BCUT2D eigenvalue weighted by molar-refractivity contribution is 7.92. The number of halogens is 3. The molecular weight excluding hydrogens is 373 g/mol. The van der Waals surface area contributed by atoms with E-state index in [0.717, 1.165) is 18.0 Å². The van der Waals surface area contributed by atoms with Crippen molar-refractivity contribution in [1.29, 1.82) is 0 Å². The fourth-order valence-electron chi connectivity index (χ4n) is 2.07. The fourth-order valence-corrected chi connectivity index (χ4v) is 2.88. The molecule has 1 aromatic carbocycles. The van der Waals surface area contributed by atoms with Crippen LogP contribution >= 0.6 is 0 Å². The molecule has 0 aliphatic carbocycles. The first kappa shape index (κ1) is 19.9. The highest BCUT2D eigenvalue weighted by Crippen LogP contribution is 2.25. The number of aromatic nitrogens is 3. The first-order valence-corrected chi connectivity index (χ1v) is 9.00. The molecule has 7 nitrogen and oxygen atoms in total. The van der Waals surface area contributed by atoms with E-state index in [1.165, 1.54) is 6.08 Å². The SMILES string of the molecule is Cc1ccc(C=CS(=O)(=O)NCCn2nc(C(F)(F)F)n(C)c2=O)cc1. The van der Waals surface area contributed by atoms with E-state index in [9.17, 15) is 26.4 Å². The van der Waals surface area contributed by atoms with Gasteiger partial charge in [0, 0.05) is 19.0 Å². The monoisotopic (exact) mass is 390 g/mol. The van der Waals surface area contributed by atoms with Crippen LogP contribution in [-0.2, 0) is 29.8 Å². The van der Waals surface area contributed by atoms with Crippen LogP contribution in [0.1, 0.15) is 17.0 Å². The third kappa shape index (κ3) is 5.05. The van der Waals surface area contributed by atoms with Crippen molar-refractivity contribution in [2.75, 3.05) is 6.54 Å². The molecule has 0 unspecified atom stereocenters. The van der Waals surface area contributed by atoms with Crippen molar-refractivity contribution in [3.8, 4) is 0 Å². The topological polar surface area (TPSA) is 86.0 Å². The van der Waals surface area contributed by atoms with Crippen molar-refractivity contribution in [2.45, 2.75) is 19.6 Å². The van der Waals surface area contributed by atoms with Gasteiger partial charge in [-0.15, -0.1) is 5.10 Å². The Morgan fingerprint density at radius 2 is 1.85 bits per heavy atom. The second-order valence-corrected chi connectivity index (χ2v) is 7.19. The van der Waals surface area contributed by atoms with Gasteiger partial charge in [-0.3, -0.25) is 4.57 Å². The van der Waals surface area contributed by atoms with Crippen molar-refractivity contribution >= 4 is 16.1 Å². The Morgan fingerprint density at radius 3 is 2.38 bits per heavy atom. The summed E-state index contributed by atoms with van der Waals surface area (Å²) in [6.45, 7) is 1.28. The lowest BCUT2D eigenvalue weighted by atomic mass is 10.2. The van der Waals surface area contributed by atoms with Gasteiger partial charge in [-0.2, -0.15) is 13.2 Å². The first-order valence-electron chi connectivity index (χ1n) is 7.45. The average molecular weight is 390 g/mol. The molecule has 26 heavy (non-hydrogen) atoms. The molecule has 142 valence electrons. The summed E-state index contributed by atoms with van der Waals surface area (Å²) in [4.78, 5) is 11.7. The smallest absolute Gasteiger partial charge is 0.274 e. The maximum atomic E-state index is 12.7. The predicted octanol–water partition coefficient (Wildman–Crippen LogP) is 1.50. The van der Waals surface area contributed by atoms with Crippen molar-refractivity contribution in [2.24, 2.45) is 7.05 Å². The van der Waals surface area contributed by atoms with Crippen LogP contribution in [0.25, 0.3) is 6.08 Å². The standard InChI is InChI=1S/C15H17F3N4O3S/c1-11-3-5-12(6-4-11)7-10-26(24,25)19-8-9-22-14(23)21(2)13(20-22)15(16,17)18/h3-7,10,19H,8-9H2,1-2H3. The zero-order valence-corrected chi connectivity index (χ0v) is 14.8. The third-order valence-electron chi connectivity index (χ3n) is 3.44. The minimum Gasteiger partial charge on any atom is -0.274 e. The van der Waals surface area contributed by atoms with Crippen molar-refractivity contribution < 1.29 is 21.6 Å². The maximum Gasteiger partial charge on any atom is 0.451 e. The van der Waals surface area contributed by atoms with Gasteiger partial charge in [0.2, 0.25) is 15.8 Å². The number of aryl methyl sites for hydroxylation is 1. The van der Waals surface area contributed by atoms with Crippen LogP contribution in [0.5, 0.6) is 0 Å². The summed E-state index contributed by atoms with van der Waals surface area (Å²) < 4.78 is 64.9. The Labute approximate surface area is 147 Å². The molecule has 0 saturated carbocycles. The van der Waals surface area contributed by atoms with Gasteiger partial charge in [0.1, 0.15) is 0 Å². The summed E-state index contributed by atoms with van der Waals surface area (Å²) in [6, 6.07) is 7.14. The molecule has 1 aromatic heterocycles. The van der Waals surface area contributed by atoms with E-state index in [1.807, 2.05) is 19.1 Å². The predicted molar refractivity (Wildman–Crippen MR) is 89.6 cm³/mol. The van der Waals surface area contributed by atoms with E-state index in [1.54, 1.807) is 12.1 Å². The number of alkyl halides is 3. The number of hydrogen-bond donors (Lipinski definition) is 1. The maximum absolute atomic E-state index is 12.7. The van der Waals surface area contributed by atoms with Gasteiger partial charge in [-0.05, 0) is 18.6 Å². The highest BCUT2D eigenvalue weighted by atomic mass is 32.2. The third-order valence-corrected chi connectivity index (χ3v) is 4.54. The molecule has 0 fully saturated rings. The quantitative estimate of drug-likeness (QED) is 0.810. The Bertz CT molecular complexity index is 958. The summed E-state index contributed by atoms with van der Waals surface area (Å²) >= 11 is 0. The second kappa shape index (κ2) is 7.46. The van der Waals surface area contributed by atoms with Crippen LogP contribution in [0.15, 0.2) is 34.5 Å². The van der Waals surface area contributed by atoms with Crippen molar-refractivity contribution in [3.05, 3.63) is 57.1 Å². The molecule has 0 amide bonds. The Hall–Kier alpha value is -2.40. The summed E-state index contributed by atoms with van der Waals surface area (Å²) in [5.74, 6) is -1.34. The van der Waals surface area contributed by atoms with Crippen LogP contribution in [-0.4, -0.2) is 29.3 Å². The lowest BCUT2D eigenvalue weighted by molar-refractivity contribution is -0.147. The molecule has 11 heteroatoms. The summed E-state index contributed by atoms with van der Waals surface area (Å²) in [5.41, 5.74) is 0.727. The zero-order chi connectivity index (χ0) is 19.5. The fraction of sp³-hybridized carbons (Fsp3) is 0.333. The Balaban J connectivity index is 2.01. The van der Waals surface area contributed by atoms with E-state index in [4.69, 9.17) is 0 Å². The molecular formula is C15H17F3N4O3S. The summed E-state index contributed by atoms with van der Waals surface area (Å²) in [5, 5.41) is 4.14. The minimum atomic E-state index is -4.77. The zero-order valence-electron chi connectivity index (χ0n) is 14.0. The van der Waals surface area contributed by atoms with Crippen LogP contribution < -0.4 is 10.4 Å². The Morgan fingerprint density at radius 1 is 1.23 bits per heavy atom. The number of nitrogens with one attached hydrogen (secondary N) is 1. The van der Waals surface area contributed by atoms with Crippen LogP contribution in [0.3, 0.4) is 0 Å². The highest BCUT2D eigenvalue weighted by Gasteiger charge is 2.37. The van der Waals surface area contributed by atoms with Gasteiger partial charge in [0.15, 0.2) is 0 Å². The molecule has 0 atom stereocenters. The molecule has 0 aliphatic heterocycles. The average Bonchev–Trinajstić information content (AvgIpc) is 2.83. The van der Waals surface area contributed by atoms with Crippen molar-refractivity contribution in [3.63, 3.8) is 0 Å². The van der Waals surface area contributed by atoms with Gasteiger partial charge in [-0.1, -0.05) is 29.8 Å². The van der Waals surface area contributed by atoms with E-state index in [2.05, 4.69) is 9.82 Å². The number of sulfonamides is 1. The molecule has 1 heterocycles. The molecule has 0 spiro atoms. The summed E-state index contributed by atoms with van der Waals surface area (Å²) in [7, 11) is -2.86. The van der Waals surface area contributed by atoms with Gasteiger partial charge < -0.3 is 0 Å². The van der Waals surface area contributed by atoms with Gasteiger partial charge in [0.05, 0.1) is 6.54 Å². The molecule has 1 N–H and O–H groups in total. The molecule has 2 aromatic rings. The molecule has 0 saturated heterocycles. The van der Waals surface area contributed by atoms with Crippen LogP contribution in [0, 0.1) is 6.92 Å². The van der Waals surface area contributed by atoms with Crippen molar-refractivity contribution in [1.82, 2.24) is 19.1 Å². The molecule has 0 bridgehead atoms. The van der Waals surface area contributed by atoms with E-state index < -0.39 is 27.7 Å². The van der Waals surface area contributed by atoms with Gasteiger partial charge in [-0.25, -0.2) is 22.6 Å². The van der Waals surface area contributed by atoms with Gasteiger partial charge in [0.25, 0.3) is 0 Å². The van der Waals surface area contributed by atoms with Gasteiger partial charge >= 0.3 is 11.9 Å². The van der Waals surface area contributed by atoms with E-state index >= 15 is 0 Å². The Kier molecular flexibility index (Phi) is 5.71.